The van der Waals surface area contributed by atoms with Crippen LogP contribution in [0.3, 0.4) is 0 Å². The van der Waals surface area contributed by atoms with E-state index in [4.69, 9.17) is 19.4 Å². The Morgan fingerprint density at radius 1 is 0.931 bits per heavy atom. The Labute approximate surface area is 337 Å². The van der Waals surface area contributed by atoms with Crippen LogP contribution in [0.4, 0.5) is 11.6 Å². The number of nitrogens with one attached hydrogen (secondary N) is 2. The Bertz CT molecular complexity index is 2300. The summed E-state index contributed by atoms with van der Waals surface area (Å²) >= 11 is 0. The molecule has 15 heteroatoms. The predicted molar refractivity (Wildman–Crippen MR) is 221 cm³/mol. The van der Waals surface area contributed by atoms with Gasteiger partial charge in [0, 0.05) is 68.5 Å². The number of carbonyl (C=O) groups is 2. The number of anilines is 2. The van der Waals surface area contributed by atoms with Gasteiger partial charge >= 0.3 is 5.69 Å². The Hall–Kier alpha value is -5.12. The van der Waals surface area contributed by atoms with E-state index in [1.54, 1.807) is 24.9 Å². The quantitative estimate of drug-likeness (QED) is 0.0930. The molecule has 1 saturated carbocycles. The summed E-state index contributed by atoms with van der Waals surface area (Å²) in [5, 5.41) is 17.0. The summed E-state index contributed by atoms with van der Waals surface area (Å²) in [6.07, 6.45) is 15.8. The Morgan fingerprint density at radius 2 is 1.74 bits per heavy atom. The lowest BCUT2D eigenvalue weighted by Gasteiger charge is -2.32. The van der Waals surface area contributed by atoms with Crippen LogP contribution in [0.1, 0.15) is 99.8 Å². The third-order valence-electron chi connectivity index (χ3n) is 12.3. The number of imide groups is 1. The highest BCUT2D eigenvalue weighted by molar-refractivity contribution is 6.00. The van der Waals surface area contributed by atoms with Crippen LogP contribution in [-0.4, -0.2) is 96.5 Å². The van der Waals surface area contributed by atoms with Crippen LogP contribution in [0.15, 0.2) is 53.7 Å². The molecule has 0 spiro atoms. The summed E-state index contributed by atoms with van der Waals surface area (Å²) < 4.78 is 16.8. The SMILES string of the molecule is COc1cc(Nc2ncc3c(C4CCN(CCCCOCCCc5ccc6c(c5)n(C)c(=O)n6C5CCC(=O)NC5=O)CC4)cn(C4CCC(O)CC4)c3n2)ccn1. The zero-order valence-corrected chi connectivity index (χ0v) is 33.6. The second-order valence-corrected chi connectivity index (χ2v) is 16.1. The number of unbranched alkanes of at least 4 members (excludes halogenated alkanes) is 1. The third kappa shape index (κ3) is 8.66. The van der Waals surface area contributed by atoms with Crippen LogP contribution in [0.5, 0.6) is 5.88 Å². The number of aryl methyl sites for hydroxylation is 2. The number of hydrogen-bond donors (Lipinski definition) is 3. The van der Waals surface area contributed by atoms with E-state index in [1.807, 2.05) is 36.5 Å². The van der Waals surface area contributed by atoms with Crippen LogP contribution >= 0.6 is 0 Å². The smallest absolute Gasteiger partial charge is 0.329 e. The lowest BCUT2D eigenvalue weighted by atomic mass is 9.89. The maximum Gasteiger partial charge on any atom is 0.329 e. The second kappa shape index (κ2) is 17.8. The molecule has 1 aliphatic carbocycles. The average molecular weight is 794 g/mol. The first-order valence-corrected chi connectivity index (χ1v) is 20.9. The van der Waals surface area contributed by atoms with Gasteiger partial charge in [0.1, 0.15) is 11.7 Å². The molecular formula is C43H55N9O6. The number of aliphatic hydroxyl groups is 1. The van der Waals surface area contributed by atoms with Gasteiger partial charge in [-0.05, 0) is 126 Å². The van der Waals surface area contributed by atoms with Crippen LogP contribution in [-0.2, 0) is 27.8 Å². The average Bonchev–Trinajstić information content (AvgIpc) is 3.73. The van der Waals surface area contributed by atoms with E-state index in [0.29, 0.717) is 42.3 Å². The normalized spacial score (nSPS) is 20.8. The fourth-order valence-electron chi connectivity index (χ4n) is 9.06. The number of methoxy groups -OCH3 is 1. The first kappa shape index (κ1) is 39.7. The van der Waals surface area contributed by atoms with E-state index in [-0.39, 0.29) is 24.1 Å². The van der Waals surface area contributed by atoms with Crippen molar-refractivity contribution in [2.45, 2.75) is 101 Å². The molecule has 4 aromatic heterocycles. The minimum atomic E-state index is -0.679. The van der Waals surface area contributed by atoms with Gasteiger partial charge in [-0.25, -0.2) is 14.8 Å². The third-order valence-corrected chi connectivity index (χ3v) is 12.3. The van der Waals surface area contributed by atoms with Gasteiger partial charge in [0.25, 0.3) is 0 Å². The van der Waals surface area contributed by atoms with Crippen molar-refractivity contribution in [3.05, 3.63) is 70.5 Å². The van der Waals surface area contributed by atoms with Crippen LogP contribution in [0.25, 0.3) is 22.1 Å². The Kier molecular flexibility index (Phi) is 12.2. The number of aliphatic hydroxyl groups excluding tert-OH is 1. The van der Waals surface area contributed by atoms with Crippen LogP contribution < -0.4 is 21.1 Å². The van der Waals surface area contributed by atoms with E-state index < -0.39 is 11.9 Å². The summed E-state index contributed by atoms with van der Waals surface area (Å²) in [6.45, 7) is 4.60. The van der Waals surface area contributed by atoms with Crippen molar-refractivity contribution in [3.63, 3.8) is 0 Å². The van der Waals surface area contributed by atoms with E-state index in [0.717, 1.165) is 118 Å². The zero-order chi connectivity index (χ0) is 40.2. The molecule has 8 rings (SSSR count). The molecule has 6 heterocycles. The molecule has 58 heavy (non-hydrogen) atoms. The molecule has 1 atom stereocenters. The van der Waals surface area contributed by atoms with Gasteiger partial charge in [0.05, 0.1) is 24.2 Å². The van der Waals surface area contributed by atoms with Gasteiger partial charge in [-0.2, -0.15) is 4.98 Å². The fraction of sp³-hybridized carbons (Fsp3) is 0.535. The molecule has 2 amide bonds. The highest BCUT2D eigenvalue weighted by Crippen LogP contribution is 2.38. The lowest BCUT2D eigenvalue weighted by Crippen LogP contribution is -2.44. The van der Waals surface area contributed by atoms with Crippen molar-refractivity contribution in [1.82, 2.24) is 38.9 Å². The number of benzene rings is 1. The minimum Gasteiger partial charge on any atom is -0.481 e. The van der Waals surface area contributed by atoms with E-state index in [1.165, 1.54) is 10.1 Å². The van der Waals surface area contributed by atoms with Crippen molar-refractivity contribution in [2.24, 2.45) is 7.05 Å². The van der Waals surface area contributed by atoms with E-state index in [2.05, 4.69) is 31.3 Å². The number of amides is 2. The molecule has 15 nitrogen and oxygen atoms in total. The van der Waals surface area contributed by atoms with Gasteiger partial charge in [-0.1, -0.05) is 6.07 Å². The molecule has 1 unspecified atom stereocenters. The summed E-state index contributed by atoms with van der Waals surface area (Å²) in [4.78, 5) is 53.8. The Balaban J connectivity index is 0.793. The number of imidazole rings is 1. The number of carbonyl (C=O) groups excluding carboxylic acids is 2. The first-order valence-electron chi connectivity index (χ1n) is 20.9. The van der Waals surface area contributed by atoms with E-state index >= 15 is 0 Å². The fourth-order valence-corrected chi connectivity index (χ4v) is 9.06. The number of ether oxygens (including phenoxy) is 2. The summed E-state index contributed by atoms with van der Waals surface area (Å²) in [5.41, 5.74) is 5.45. The van der Waals surface area contributed by atoms with Crippen molar-refractivity contribution in [1.29, 1.82) is 0 Å². The van der Waals surface area contributed by atoms with Crippen LogP contribution in [0, 0.1) is 0 Å². The van der Waals surface area contributed by atoms with Crippen LogP contribution in [0.2, 0.25) is 0 Å². The molecule has 308 valence electrons. The van der Waals surface area contributed by atoms with Crippen molar-refractivity contribution in [2.75, 3.05) is 45.3 Å². The van der Waals surface area contributed by atoms with Gasteiger partial charge in [0.2, 0.25) is 23.6 Å². The maximum absolute atomic E-state index is 13.1. The molecule has 3 N–H and O–H groups in total. The molecule has 2 aliphatic heterocycles. The summed E-state index contributed by atoms with van der Waals surface area (Å²) in [7, 11) is 3.32. The van der Waals surface area contributed by atoms with Crippen molar-refractivity contribution < 1.29 is 24.2 Å². The molecule has 0 bridgehead atoms. The van der Waals surface area contributed by atoms with Gasteiger partial charge in [-0.3, -0.25) is 24.0 Å². The van der Waals surface area contributed by atoms with Gasteiger partial charge < -0.3 is 29.4 Å². The number of fused-ring (bicyclic) bond motifs is 2. The number of aromatic nitrogens is 6. The van der Waals surface area contributed by atoms with Crippen molar-refractivity contribution >= 4 is 45.5 Å². The standard InChI is InChI=1S/C43H55N9O6/c1-49-37-24-28(7-12-35(37)52(43(49)56)36-13-14-38(54)47-41(36)55)6-5-23-58-22-4-3-19-50-20-16-29(17-21-50)34-27-51(31-8-10-32(53)11-9-31)40-33(34)26-45-42(48-40)46-30-15-18-44-39(25-30)57-2/h7,12,15,18,24-27,29,31-32,36,53H,3-6,8-11,13-14,16-17,19-23H2,1-2H3,(H,47,54,55)(H,44,45,46,48). The number of rotatable bonds is 15. The molecule has 1 aromatic carbocycles. The van der Waals surface area contributed by atoms with Gasteiger partial charge in [-0.15, -0.1) is 0 Å². The maximum atomic E-state index is 13.1. The molecular weight excluding hydrogens is 739 g/mol. The summed E-state index contributed by atoms with van der Waals surface area (Å²) in [5.74, 6) is 0.786. The number of pyridine rings is 1. The second-order valence-electron chi connectivity index (χ2n) is 16.1. The highest BCUT2D eigenvalue weighted by Gasteiger charge is 2.32. The molecule has 3 fully saturated rings. The monoisotopic (exact) mass is 793 g/mol. The minimum absolute atomic E-state index is 0.218. The number of nitrogens with zero attached hydrogens (tertiary/aromatic N) is 7. The number of likely N-dealkylation sites (tertiary alicyclic amines) is 1. The van der Waals surface area contributed by atoms with Crippen molar-refractivity contribution in [3.8, 4) is 5.88 Å². The largest absolute Gasteiger partial charge is 0.481 e. The summed E-state index contributed by atoms with van der Waals surface area (Å²) in [6, 6.07) is 9.27. The number of hydrogen-bond acceptors (Lipinski definition) is 11. The molecule has 5 aromatic rings. The van der Waals surface area contributed by atoms with Gasteiger partial charge in [0.15, 0.2) is 0 Å². The topological polar surface area (TPSA) is 171 Å². The van der Waals surface area contributed by atoms with E-state index in [9.17, 15) is 19.5 Å². The molecule has 2 saturated heterocycles. The zero-order valence-electron chi connectivity index (χ0n) is 33.6. The predicted octanol–water partition coefficient (Wildman–Crippen LogP) is 5.29. The molecule has 3 aliphatic rings. The molecule has 0 radical (unpaired) electrons. The number of piperidine rings is 2. The Morgan fingerprint density at radius 3 is 2.53 bits per heavy atom. The first-order chi connectivity index (χ1) is 28.2. The lowest BCUT2D eigenvalue weighted by molar-refractivity contribution is -0.135. The highest BCUT2D eigenvalue weighted by atomic mass is 16.5.